The van der Waals surface area contributed by atoms with E-state index in [9.17, 15) is 14.9 Å². The van der Waals surface area contributed by atoms with Gasteiger partial charge >= 0.3 is 5.97 Å². The summed E-state index contributed by atoms with van der Waals surface area (Å²) in [5, 5.41) is 11.2. The molecule has 0 atom stereocenters. The van der Waals surface area contributed by atoms with Crippen LogP contribution in [-0.4, -0.2) is 25.1 Å². The van der Waals surface area contributed by atoms with Crippen molar-refractivity contribution in [2.24, 2.45) is 0 Å². The van der Waals surface area contributed by atoms with Gasteiger partial charge in [-0.25, -0.2) is 4.79 Å². The van der Waals surface area contributed by atoms with Crippen molar-refractivity contribution in [1.29, 1.82) is 0 Å². The third-order valence-electron chi connectivity index (χ3n) is 3.12. The molecule has 0 spiro atoms. The second-order valence-corrected chi connectivity index (χ2v) is 4.54. The molecule has 0 aromatic heterocycles. The number of carbonyl (C=O) groups excluding carboxylic acids is 1. The molecule has 0 saturated heterocycles. The third-order valence-corrected chi connectivity index (χ3v) is 3.12. The van der Waals surface area contributed by atoms with Crippen LogP contribution < -0.4 is 9.47 Å². The molecule has 23 heavy (non-hydrogen) atoms. The van der Waals surface area contributed by atoms with Crippen molar-refractivity contribution in [2.75, 3.05) is 14.2 Å². The van der Waals surface area contributed by atoms with E-state index in [2.05, 4.69) is 4.74 Å². The number of benzene rings is 2. The highest BCUT2D eigenvalue weighted by atomic mass is 16.6. The molecule has 0 aliphatic rings. The maximum absolute atomic E-state index is 11.7. The highest BCUT2D eigenvalue weighted by Crippen LogP contribution is 2.35. The fourth-order valence-electron chi connectivity index (χ4n) is 1.98. The molecule has 2 aromatic carbocycles. The molecule has 0 N–H and O–H groups in total. The molecule has 7 nitrogen and oxygen atoms in total. The topological polar surface area (TPSA) is 87.9 Å². The molecular weight excluding hydrogens is 302 g/mol. The van der Waals surface area contributed by atoms with Crippen LogP contribution in [0.4, 0.5) is 5.69 Å². The minimum absolute atomic E-state index is 0.177. The zero-order chi connectivity index (χ0) is 16.8. The lowest BCUT2D eigenvalue weighted by Gasteiger charge is -2.12. The fourth-order valence-corrected chi connectivity index (χ4v) is 1.98. The van der Waals surface area contributed by atoms with E-state index in [1.807, 2.05) is 30.3 Å². The Labute approximate surface area is 132 Å². The van der Waals surface area contributed by atoms with E-state index in [1.54, 1.807) is 0 Å². The van der Waals surface area contributed by atoms with Gasteiger partial charge < -0.3 is 14.2 Å². The van der Waals surface area contributed by atoms with Crippen molar-refractivity contribution in [3.8, 4) is 11.5 Å². The molecule has 0 bridgehead atoms. The SMILES string of the molecule is COC(=O)c1cc(OC)c(OCc2ccccc2)cc1[N+](=O)[O-]. The molecule has 120 valence electrons. The van der Waals surface area contributed by atoms with E-state index >= 15 is 0 Å². The van der Waals surface area contributed by atoms with E-state index < -0.39 is 16.6 Å². The van der Waals surface area contributed by atoms with Crippen LogP contribution in [0, 0.1) is 10.1 Å². The number of esters is 1. The lowest BCUT2D eigenvalue weighted by molar-refractivity contribution is -0.385. The van der Waals surface area contributed by atoms with Crippen molar-refractivity contribution in [3.63, 3.8) is 0 Å². The number of nitrogens with zero attached hydrogens (tertiary/aromatic N) is 1. The molecular formula is C16H15NO6. The Morgan fingerprint density at radius 1 is 1.13 bits per heavy atom. The first-order valence-corrected chi connectivity index (χ1v) is 6.68. The zero-order valence-electron chi connectivity index (χ0n) is 12.6. The van der Waals surface area contributed by atoms with Gasteiger partial charge in [-0.15, -0.1) is 0 Å². The largest absolute Gasteiger partial charge is 0.493 e. The molecule has 0 aliphatic carbocycles. The Hall–Kier alpha value is -3.09. The Bertz CT molecular complexity index is 714. The quantitative estimate of drug-likeness (QED) is 0.462. The van der Waals surface area contributed by atoms with Gasteiger partial charge in [-0.05, 0) is 5.56 Å². The minimum Gasteiger partial charge on any atom is -0.493 e. The molecule has 2 aromatic rings. The number of rotatable bonds is 6. The van der Waals surface area contributed by atoms with Gasteiger partial charge in [0.15, 0.2) is 11.5 Å². The van der Waals surface area contributed by atoms with Gasteiger partial charge in [0.25, 0.3) is 5.69 Å². The first kappa shape index (κ1) is 16.3. The van der Waals surface area contributed by atoms with E-state index in [-0.39, 0.29) is 23.7 Å². The normalized spacial score (nSPS) is 10.0. The summed E-state index contributed by atoms with van der Waals surface area (Å²) < 4.78 is 15.3. The molecule has 2 rings (SSSR count). The Morgan fingerprint density at radius 2 is 1.83 bits per heavy atom. The first-order chi connectivity index (χ1) is 11.1. The van der Waals surface area contributed by atoms with Crippen molar-refractivity contribution in [2.45, 2.75) is 6.61 Å². The molecule has 7 heteroatoms. The summed E-state index contributed by atoms with van der Waals surface area (Å²) in [6, 6.07) is 11.7. The Balaban J connectivity index is 2.36. The average Bonchev–Trinajstić information content (AvgIpc) is 2.59. The number of nitro benzene ring substituents is 1. The number of methoxy groups -OCH3 is 2. The lowest BCUT2D eigenvalue weighted by atomic mass is 10.1. The van der Waals surface area contributed by atoms with Gasteiger partial charge in [0, 0.05) is 6.07 Å². The molecule has 0 saturated carbocycles. The third kappa shape index (κ3) is 3.76. The highest BCUT2D eigenvalue weighted by Gasteiger charge is 2.25. The van der Waals surface area contributed by atoms with Crippen LogP contribution in [0.25, 0.3) is 0 Å². The summed E-state index contributed by atoms with van der Waals surface area (Å²) in [7, 11) is 2.54. The maximum atomic E-state index is 11.7. The second kappa shape index (κ2) is 7.26. The van der Waals surface area contributed by atoms with Crippen molar-refractivity contribution < 1.29 is 23.9 Å². The highest BCUT2D eigenvalue weighted by molar-refractivity contribution is 5.94. The van der Waals surface area contributed by atoms with E-state index in [1.165, 1.54) is 13.2 Å². The summed E-state index contributed by atoms with van der Waals surface area (Å²) in [4.78, 5) is 22.2. The van der Waals surface area contributed by atoms with Crippen LogP contribution in [0.1, 0.15) is 15.9 Å². The van der Waals surface area contributed by atoms with Crippen LogP contribution in [0.2, 0.25) is 0 Å². The predicted molar refractivity (Wildman–Crippen MR) is 81.8 cm³/mol. The number of hydrogen-bond acceptors (Lipinski definition) is 6. The van der Waals surface area contributed by atoms with Crippen molar-refractivity contribution in [1.82, 2.24) is 0 Å². The van der Waals surface area contributed by atoms with Crippen LogP contribution >= 0.6 is 0 Å². The van der Waals surface area contributed by atoms with Gasteiger partial charge in [-0.3, -0.25) is 10.1 Å². The van der Waals surface area contributed by atoms with Gasteiger partial charge in [-0.1, -0.05) is 30.3 Å². The summed E-state index contributed by atoms with van der Waals surface area (Å²) >= 11 is 0. The first-order valence-electron chi connectivity index (χ1n) is 6.68. The predicted octanol–water partition coefficient (Wildman–Crippen LogP) is 2.97. The molecule has 0 fully saturated rings. The number of ether oxygens (including phenoxy) is 3. The number of hydrogen-bond donors (Lipinski definition) is 0. The second-order valence-electron chi connectivity index (χ2n) is 4.54. The summed E-state index contributed by atoms with van der Waals surface area (Å²) in [6.45, 7) is 0.214. The van der Waals surface area contributed by atoms with E-state index in [0.29, 0.717) is 0 Å². The van der Waals surface area contributed by atoms with Crippen molar-refractivity contribution >= 4 is 11.7 Å². The summed E-state index contributed by atoms with van der Waals surface area (Å²) in [5.41, 5.74) is 0.302. The molecule has 0 radical (unpaired) electrons. The van der Waals surface area contributed by atoms with Crippen LogP contribution in [0.5, 0.6) is 11.5 Å². The number of carbonyl (C=O) groups is 1. The molecule has 0 heterocycles. The van der Waals surface area contributed by atoms with Crippen LogP contribution in [0.15, 0.2) is 42.5 Å². The average molecular weight is 317 g/mol. The van der Waals surface area contributed by atoms with Crippen LogP contribution in [0.3, 0.4) is 0 Å². The maximum Gasteiger partial charge on any atom is 0.345 e. The Kier molecular flexibility index (Phi) is 5.14. The standard InChI is InChI=1S/C16H15NO6/c1-21-14-8-12(16(18)22-2)13(17(19)20)9-15(14)23-10-11-6-4-3-5-7-11/h3-9H,10H2,1-2H3. The van der Waals surface area contributed by atoms with E-state index in [4.69, 9.17) is 9.47 Å². The lowest BCUT2D eigenvalue weighted by Crippen LogP contribution is -2.07. The smallest absolute Gasteiger partial charge is 0.345 e. The van der Waals surface area contributed by atoms with Gasteiger partial charge in [-0.2, -0.15) is 0 Å². The van der Waals surface area contributed by atoms with Gasteiger partial charge in [0.1, 0.15) is 12.2 Å². The Morgan fingerprint density at radius 3 is 2.39 bits per heavy atom. The summed E-state index contributed by atoms with van der Waals surface area (Å²) in [6.07, 6.45) is 0. The van der Waals surface area contributed by atoms with Crippen LogP contribution in [-0.2, 0) is 11.3 Å². The molecule has 0 amide bonds. The number of nitro groups is 1. The van der Waals surface area contributed by atoms with Gasteiger partial charge in [0.2, 0.25) is 0 Å². The minimum atomic E-state index is -0.815. The molecule has 0 unspecified atom stereocenters. The van der Waals surface area contributed by atoms with E-state index in [0.717, 1.165) is 18.7 Å². The monoisotopic (exact) mass is 317 g/mol. The van der Waals surface area contributed by atoms with Crippen molar-refractivity contribution in [3.05, 3.63) is 63.7 Å². The zero-order valence-corrected chi connectivity index (χ0v) is 12.6. The molecule has 0 aliphatic heterocycles. The summed E-state index contributed by atoms with van der Waals surface area (Å²) in [5.74, 6) is -0.424. The van der Waals surface area contributed by atoms with Gasteiger partial charge in [0.05, 0.1) is 25.2 Å². The fraction of sp³-hybridized carbons (Fsp3) is 0.188.